The average Bonchev–Trinajstić information content (AvgIpc) is 3.74. The fourth-order valence-electron chi connectivity index (χ4n) is 8.14. The quantitative estimate of drug-likeness (QED) is 0.247. The normalized spacial score (nSPS) is 15.8. The molecule has 0 saturated carbocycles. The second kappa shape index (κ2) is 12.9. The van der Waals surface area contributed by atoms with E-state index in [1.54, 1.807) is 0 Å². The highest BCUT2D eigenvalue weighted by Gasteiger charge is 2.38. The summed E-state index contributed by atoms with van der Waals surface area (Å²) >= 11 is 0. The minimum Gasteiger partial charge on any atom is -0.333 e. The lowest BCUT2D eigenvalue weighted by atomic mass is 9.60. The predicted molar refractivity (Wildman–Crippen MR) is 231 cm³/mol. The number of anilines is 2. The first kappa shape index (κ1) is 33.3. The number of hydrogen-bond acceptors (Lipinski definition) is 4. The van der Waals surface area contributed by atoms with Crippen LogP contribution in [0.3, 0.4) is 0 Å². The third-order valence-electron chi connectivity index (χ3n) is 10.9. The summed E-state index contributed by atoms with van der Waals surface area (Å²) in [6.07, 6.45) is 8.85. The van der Waals surface area contributed by atoms with Crippen LogP contribution in [0.5, 0.6) is 0 Å². The van der Waals surface area contributed by atoms with E-state index in [1.807, 2.05) is 42.5 Å². The lowest BCUT2D eigenvalue weighted by Gasteiger charge is -2.28. The molecule has 1 aliphatic heterocycles. The largest absolute Gasteiger partial charge is 0.333 e. The van der Waals surface area contributed by atoms with Gasteiger partial charge in [-0.25, -0.2) is 4.98 Å². The molecule has 0 amide bonds. The lowest BCUT2D eigenvalue weighted by Crippen LogP contribution is -2.55. The van der Waals surface area contributed by atoms with Gasteiger partial charge in [0, 0.05) is 39.2 Å². The van der Waals surface area contributed by atoms with E-state index in [0.717, 1.165) is 38.7 Å². The van der Waals surface area contributed by atoms with E-state index in [-0.39, 0.29) is 45.1 Å². The summed E-state index contributed by atoms with van der Waals surface area (Å²) in [6.45, 7) is 0. The molecule has 5 nitrogen and oxygen atoms in total. The van der Waals surface area contributed by atoms with E-state index < -0.39 is 0 Å². The number of benzene rings is 6. The minimum absolute atomic E-state index is 0.106. The van der Waals surface area contributed by atoms with Crippen LogP contribution in [0.15, 0.2) is 146 Å². The summed E-state index contributed by atoms with van der Waals surface area (Å²) in [7, 11) is 32.0. The van der Waals surface area contributed by atoms with Gasteiger partial charge < -0.3 is 4.90 Å². The van der Waals surface area contributed by atoms with Gasteiger partial charge in [-0.2, -0.15) is 9.97 Å². The third kappa shape index (κ3) is 5.26. The molecule has 55 heavy (non-hydrogen) atoms. The highest BCUT2D eigenvalue weighted by atomic mass is 15.2. The van der Waals surface area contributed by atoms with Gasteiger partial charge in [0.2, 0.25) is 5.95 Å². The first-order chi connectivity index (χ1) is 26.9. The summed E-state index contributed by atoms with van der Waals surface area (Å²) in [5.74, 6) is 1.18. The molecule has 0 bridgehead atoms. The van der Waals surface area contributed by atoms with Gasteiger partial charge >= 0.3 is 0 Å². The highest BCUT2D eigenvalue weighted by molar-refractivity contribution is 6.68. The van der Waals surface area contributed by atoms with Gasteiger partial charge in [-0.05, 0) is 47.0 Å². The van der Waals surface area contributed by atoms with Crippen LogP contribution in [0.25, 0.3) is 61.7 Å². The molecular weight excluding hydrogens is 665 g/mol. The summed E-state index contributed by atoms with van der Waals surface area (Å²) in [5, 5.41) is 2.12. The van der Waals surface area contributed by atoms with Crippen molar-refractivity contribution in [1.29, 1.82) is 0 Å². The number of rotatable bonds is 5. The van der Waals surface area contributed by atoms with Crippen molar-refractivity contribution in [2.24, 2.45) is 0 Å². The Labute approximate surface area is 325 Å². The summed E-state index contributed by atoms with van der Waals surface area (Å²) in [4.78, 5) is 17.5. The summed E-state index contributed by atoms with van der Waals surface area (Å²) < 4.78 is 2.09. The molecule has 2 aromatic heterocycles. The van der Waals surface area contributed by atoms with Crippen LogP contribution in [-0.2, 0) is 0 Å². The van der Waals surface area contributed by atoms with E-state index in [9.17, 15) is 0 Å². The summed E-state index contributed by atoms with van der Waals surface area (Å²) in [6, 6.07) is 42.0. The molecule has 246 valence electrons. The van der Waals surface area contributed by atoms with Crippen LogP contribution in [0.2, 0.25) is 0 Å². The number of nitrogens with zero attached hydrogens (tertiary/aromatic N) is 5. The molecule has 8 aromatic rings. The van der Waals surface area contributed by atoms with Crippen LogP contribution in [-0.4, -0.2) is 64.8 Å². The fraction of sp³-hybridized carbons (Fsp3) is 0.0444. The van der Waals surface area contributed by atoms with Crippen molar-refractivity contribution in [1.82, 2.24) is 19.5 Å². The maximum absolute atomic E-state index is 6.58. The number of aromatic nitrogens is 4. The van der Waals surface area contributed by atoms with Gasteiger partial charge in [-0.1, -0.05) is 126 Å². The van der Waals surface area contributed by atoms with Crippen LogP contribution < -0.4 is 32.2 Å². The first-order valence-electron chi connectivity index (χ1n) is 18.1. The molecule has 1 aliphatic carbocycles. The molecule has 3 heterocycles. The van der Waals surface area contributed by atoms with Crippen LogP contribution in [0.4, 0.5) is 11.4 Å². The molecule has 0 N–H and O–H groups in total. The molecule has 10 heteroatoms. The predicted octanol–water partition coefficient (Wildman–Crippen LogP) is 4.67. The molecule has 2 aliphatic rings. The molecule has 0 fully saturated rings. The molecular formula is C45H26B5N5. The van der Waals surface area contributed by atoms with Gasteiger partial charge in [-0.15, -0.1) is 16.4 Å². The Balaban J connectivity index is 1.21. The van der Waals surface area contributed by atoms with Gasteiger partial charge in [0.1, 0.15) is 39.2 Å². The number of para-hydroxylation sites is 1. The SMILES string of the molecule is [B]c1c([B])c([B])c(-c2nc(-c3ccccc3)nc(-n3c4ccccc4c4cc5c(cc43)C3C=CC=CC3N5c3ccc(-c4ccccc4)cc3)n2)c([B])c1[B]. The number of allylic oxidation sites excluding steroid dienone is 2. The first-order valence-corrected chi connectivity index (χ1v) is 18.1. The molecule has 10 rings (SSSR count). The second-order valence-electron chi connectivity index (χ2n) is 13.9. The van der Waals surface area contributed by atoms with Gasteiger partial charge in [0.25, 0.3) is 0 Å². The van der Waals surface area contributed by atoms with Crippen LogP contribution in [0, 0.1) is 0 Å². The van der Waals surface area contributed by atoms with Crippen molar-refractivity contribution < 1.29 is 0 Å². The molecule has 2 unspecified atom stereocenters. The molecule has 10 radical (unpaired) electrons. The Morgan fingerprint density at radius 2 is 1.09 bits per heavy atom. The van der Waals surface area contributed by atoms with Crippen molar-refractivity contribution >= 4 is 99.7 Å². The fourth-order valence-corrected chi connectivity index (χ4v) is 8.14. The van der Waals surface area contributed by atoms with E-state index >= 15 is 0 Å². The van der Waals surface area contributed by atoms with Gasteiger partial charge in [0.15, 0.2) is 11.6 Å². The number of fused-ring (bicyclic) bond motifs is 6. The topological polar surface area (TPSA) is 46.8 Å². The molecule has 0 saturated heterocycles. The monoisotopic (exact) mass is 691 g/mol. The standard InChI is InChI=1S/C45H26B5N5/c46-38-37(39(47)41(49)42(50)40(38)48)44-51-43(27-13-5-2-6-14-27)52-45(53-44)55-34-18-10-8-16-30(34)32-23-35-31(24-36(32)55)29-15-7-9-17-33(29)54(35)28-21-19-26(20-22-28)25-11-3-1-4-12-25/h1-24,29,33H. The van der Waals surface area contributed by atoms with Crippen molar-refractivity contribution in [2.75, 3.05) is 4.90 Å². The number of hydrogen-bond donors (Lipinski definition) is 0. The van der Waals surface area contributed by atoms with Crippen molar-refractivity contribution in [3.8, 4) is 39.9 Å². The van der Waals surface area contributed by atoms with E-state index in [4.69, 9.17) is 54.2 Å². The average molecular weight is 691 g/mol. The maximum Gasteiger partial charge on any atom is 0.238 e. The lowest BCUT2D eigenvalue weighted by molar-refractivity contribution is 0.745. The maximum atomic E-state index is 6.58. The highest BCUT2D eigenvalue weighted by Crippen LogP contribution is 2.50. The molecule has 2 atom stereocenters. The van der Waals surface area contributed by atoms with Gasteiger partial charge in [0.05, 0.1) is 17.1 Å². The van der Waals surface area contributed by atoms with E-state index in [0.29, 0.717) is 17.3 Å². The Bertz CT molecular complexity index is 2860. The van der Waals surface area contributed by atoms with Crippen molar-refractivity contribution in [2.45, 2.75) is 12.0 Å². The Morgan fingerprint density at radius 1 is 0.491 bits per heavy atom. The summed E-state index contributed by atoms with van der Waals surface area (Å²) in [5.41, 5.74) is 9.53. The van der Waals surface area contributed by atoms with Gasteiger partial charge in [-0.3, -0.25) is 4.57 Å². The van der Waals surface area contributed by atoms with Crippen LogP contribution >= 0.6 is 0 Å². The zero-order chi connectivity index (χ0) is 37.4. The second-order valence-corrected chi connectivity index (χ2v) is 13.9. The smallest absolute Gasteiger partial charge is 0.238 e. The zero-order valence-corrected chi connectivity index (χ0v) is 29.6. The molecule has 6 aromatic carbocycles. The zero-order valence-electron chi connectivity index (χ0n) is 29.6. The van der Waals surface area contributed by atoms with Crippen LogP contribution in [0.1, 0.15) is 11.5 Å². The minimum atomic E-state index is 0.106. The molecule has 0 spiro atoms. The Morgan fingerprint density at radius 3 is 1.82 bits per heavy atom. The Kier molecular flexibility index (Phi) is 7.84. The van der Waals surface area contributed by atoms with Crippen molar-refractivity contribution in [3.05, 3.63) is 151 Å². The van der Waals surface area contributed by atoms with E-state index in [2.05, 4.69) is 113 Å². The van der Waals surface area contributed by atoms with E-state index in [1.165, 1.54) is 16.7 Å². The Hall–Kier alpha value is -6.27. The van der Waals surface area contributed by atoms with Crippen molar-refractivity contribution in [3.63, 3.8) is 0 Å². The third-order valence-corrected chi connectivity index (χ3v) is 10.9.